The van der Waals surface area contributed by atoms with Gasteiger partial charge in [0.15, 0.2) is 0 Å². The van der Waals surface area contributed by atoms with Crippen molar-refractivity contribution < 1.29 is 9.53 Å². The van der Waals surface area contributed by atoms with E-state index < -0.39 is 5.41 Å². The quantitative estimate of drug-likeness (QED) is 0.749. The zero-order chi connectivity index (χ0) is 13.6. The van der Waals surface area contributed by atoms with E-state index in [4.69, 9.17) is 10.00 Å². The number of rotatable bonds is 5. The second-order valence-electron chi connectivity index (χ2n) is 4.58. The Morgan fingerprint density at radius 1 is 1.50 bits per heavy atom. The van der Waals surface area contributed by atoms with E-state index in [0.717, 1.165) is 11.1 Å². The van der Waals surface area contributed by atoms with E-state index in [2.05, 4.69) is 6.07 Å². The van der Waals surface area contributed by atoms with Crippen molar-refractivity contribution in [2.75, 3.05) is 6.61 Å². The Labute approximate surface area is 108 Å². The van der Waals surface area contributed by atoms with Crippen molar-refractivity contribution in [3.05, 3.63) is 35.4 Å². The van der Waals surface area contributed by atoms with E-state index in [9.17, 15) is 4.79 Å². The minimum absolute atomic E-state index is 0.258. The molecule has 0 heterocycles. The molecule has 1 aromatic rings. The van der Waals surface area contributed by atoms with Gasteiger partial charge in [0.25, 0.3) is 0 Å². The van der Waals surface area contributed by atoms with Crippen LogP contribution in [-0.4, -0.2) is 12.6 Å². The second-order valence-corrected chi connectivity index (χ2v) is 4.58. The fourth-order valence-corrected chi connectivity index (χ4v) is 1.95. The summed E-state index contributed by atoms with van der Waals surface area (Å²) in [5.74, 6) is -0.258. The molecule has 0 spiro atoms. The average molecular weight is 245 g/mol. The van der Waals surface area contributed by atoms with Gasteiger partial charge in [-0.2, -0.15) is 5.26 Å². The maximum absolute atomic E-state index is 12.2. The van der Waals surface area contributed by atoms with Crippen molar-refractivity contribution in [3.63, 3.8) is 0 Å². The number of aryl methyl sites for hydroxylation is 1. The SMILES string of the molecule is CCOC(=O)C(C)(CCC#N)c1cccc(C)c1. The number of carbonyl (C=O) groups is 1. The molecule has 0 amide bonds. The highest BCUT2D eigenvalue weighted by atomic mass is 16.5. The predicted octanol–water partition coefficient (Wildman–Crippen LogP) is 3.12. The number of esters is 1. The number of nitriles is 1. The van der Waals surface area contributed by atoms with Crippen LogP contribution in [0.1, 0.15) is 37.8 Å². The monoisotopic (exact) mass is 245 g/mol. The Morgan fingerprint density at radius 2 is 2.22 bits per heavy atom. The van der Waals surface area contributed by atoms with Crippen LogP contribution in [0.3, 0.4) is 0 Å². The third-order valence-electron chi connectivity index (χ3n) is 3.12. The molecule has 1 unspecified atom stereocenters. The molecule has 0 aliphatic rings. The standard InChI is InChI=1S/C15H19NO2/c1-4-18-14(17)15(3,9-6-10-16)13-8-5-7-12(2)11-13/h5,7-8,11H,4,6,9H2,1-3H3. The first-order valence-corrected chi connectivity index (χ1v) is 6.16. The molecule has 3 nitrogen and oxygen atoms in total. The largest absolute Gasteiger partial charge is 0.465 e. The van der Waals surface area contributed by atoms with Crippen LogP contribution in [0.5, 0.6) is 0 Å². The van der Waals surface area contributed by atoms with Gasteiger partial charge >= 0.3 is 5.97 Å². The molecule has 0 N–H and O–H groups in total. The van der Waals surface area contributed by atoms with Gasteiger partial charge in [0, 0.05) is 6.42 Å². The fourth-order valence-electron chi connectivity index (χ4n) is 1.95. The van der Waals surface area contributed by atoms with E-state index in [1.807, 2.05) is 38.1 Å². The third-order valence-corrected chi connectivity index (χ3v) is 3.12. The first-order valence-electron chi connectivity index (χ1n) is 6.16. The van der Waals surface area contributed by atoms with Crippen molar-refractivity contribution >= 4 is 5.97 Å². The molecule has 0 saturated carbocycles. The zero-order valence-electron chi connectivity index (χ0n) is 11.2. The first kappa shape index (κ1) is 14.2. The number of hydrogen-bond acceptors (Lipinski definition) is 3. The Kier molecular flexibility index (Phi) is 4.91. The molecule has 96 valence electrons. The number of nitrogens with zero attached hydrogens (tertiary/aromatic N) is 1. The summed E-state index contributed by atoms with van der Waals surface area (Å²) in [5, 5.41) is 8.74. The second kappa shape index (κ2) is 6.20. The molecule has 0 bridgehead atoms. The average Bonchev–Trinajstić information content (AvgIpc) is 2.36. The molecule has 0 radical (unpaired) electrons. The zero-order valence-corrected chi connectivity index (χ0v) is 11.2. The summed E-state index contributed by atoms with van der Waals surface area (Å²) in [7, 11) is 0. The molecule has 0 fully saturated rings. The van der Waals surface area contributed by atoms with Crippen molar-refractivity contribution in [1.29, 1.82) is 5.26 Å². The lowest BCUT2D eigenvalue weighted by Crippen LogP contribution is -2.34. The summed E-state index contributed by atoms with van der Waals surface area (Å²) in [4.78, 5) is 12.2. The predicted molar refractivity (Wildman–Crippen MR) is 70.0 cm³/mol. The van der Waals surface area contributed by atoms with Gasteiger partial charge in [-0.05, 0) is 32.8 Å². The summed E-state index contributed by atoms with van der Waals surface area (Å²) in [6, 6.07) is 9.91. The number of hydrogen-bond donors (Lipinski definition) is 0. The summed E-state index contributed by atoms with van der Waals surface area (Å²) in [6.07, 6.45) is 0.815. The van der Waals surface area contributed by atoms with Gasteiger partial charge in [-0.3, -0.25) is 4.79 Å². The Morgan fingerprint density at radius 3 is 2.78 bits per heavy atom. The van der Waals surface area contributed by atoms with Crippen LogP contribution in [0.4, 0.5) is 0 Å². The Balaban J connectivity index is 3.11. The molecule has 0 aliphatic carbocycles. The topological polar surface area (TPSA) is 50.1 Å². The van der Waals surface area contributed by atoms with Gasteiger partial charge in [0.1, 0.15) is 0 Å². The lowest BCUT2D eigenvalue weighted by molar-refractivity contribution is -0.149. The maximum atomic E-state index is 12.2. The fraction of sp³-hybridized carbons (Fsp3) is 0.467. The molecule has 1 atom stereocenters. The minimum atomic E-state index is -0.738. The van der Waals surface area contributed by atoms with Gasteiger partial charge < -0.3 is 4.74 Å². The van der Waals surface area contributed by atoms with Crippen molar-refractivity contribution in [2.45, 2.75) is 39.0 Å². The van der Waals surface area contributed by atoms with Crippen molar-refractivity contribution in [3.8, 4) is 6.07 Å². The van der Waals surface area contributed by atoms with Crippen LogP contribution >= 0.6 is 0 Å². The van der Waals surface area contributed by atoms with Crippen LogP contribution < -0.4 is 0 Å². The first-order chi connectivity index (χ1) is 8.54. The summed E-state index contributed by atoms with van der Waals surface area (Å²) in [5.41, 5.74) is 1.27. The van der Waals surface area contributed by atoms with Gasteiger partial charge in [-0.15, -0.1) is 0 Å². The number of carbonyl (C=O) groups excluding carboxylic acids is 1. The number of ether oxygens (including phenoxy) is 1. The highest BCUT2D eigenvalue weighted by Crippen LogP contribution is 2.31. The van der Waals surface area contributed by atoms with E-state index >= 15 is 0 Å². The van der Waals surface area contributed by atoms with Crippen LogP contribution in [-0.2, 0) is 14.9 Å². The normalized spacial score (nSPS) is 13.4. The van der Waals surface area contributed by atoms with Crippen LogP contribution in [0.15, 0.2) is 24.3 Å². The molecule has 0 aliphatic heterocycles. The van der Waals surface area contributed by atoms with E-state index in [1.54, 1.807) is 6.92 Å². The van der Waals surface area contributed by atoms with Gasteiger partial charge in [0.2, 0.25) is 0 Å². The molecule has 1 rings (SSSR count). The number of benzene rings is 1. The molecule has 0 saturated heterocycles. The summed E-state index contributed by atoms with van der Waals surface area (Å²) in [6.45, 7) is 5.97. The van der Waals surface area contributed by atoms with E-state index in [1.165, 1.54) is 0 Å². The smallest absolute Gasteiger partial charge is 0.316 e. The molecule has 0 aromatic heterocycles. The lowest BCUT2D eigenvalue weighted by Gasteiger charge is -2.27. The molecule has 1 aromatic carbocycles. The lowest BCUT2D eigenvalue weighted by atomic mass is 9.78. The van der Waals surface area contributed by atoms with Gasteiger partial charge in [0.05, 0.1) is 18.1 Å². The van der Waals surface area contributed by atoms with E-state index in [0.29, 0.717) is 19.4 Å². The Bertz CT molecular complexity index is 462. The highest BCUT2D eigenvalue weighted by molar-refractivity contribution is 5.82. The highest BCUT2D eigenvalue weighted by Gasteiger charge is 2.36. The molecular formula is C15H19NO2. The molecule has 3 heteroatoms. The third kappa shape index (κ3) is 3.10. The summed E-state index contributed by atoms with van der Waals surface area (Å²) < 4.78 is 5.15. The van der Waals surface area contributed by atoms with Gasteiger partial charge in [-0.1, -0.05) is 29.8 Å². The van der Waals surface area contributed by atoms with Crippen molar-refractivity contribution in [1.82, 2.24) is 0 Å². The van der Waals surface area contributed by atoms with Gasteiger partial charge in [-0.25, -0.2) is 0 Å². The Hall–Kier alpha value is -1.82. The van der Waals surface area contributed by atoms with E-state index in [-0.39, 0.29) is 5.97 Å². The van der Waals surface area contributed by atoms with Crippen LogP contribution in [0.25, 0.3) is 0 Å². The molecule has 18 heavy (non-hydrogen) atoms. The minimum Gasteiger partial charge on any atom is -0.465 e. The summed E-state index contributed by atoms with van der Waals surface area (Å²) >= 11 is 0. The molecular weight excluding hydrogens is 226 g/mol. The van der Waals surface area contributed by atoms with Crippen molar-refractivity contribution in [2.24, 2.45) is 0 Å². The van der Waals surface area contributed by atoms with Crippen LogP contribution in [0.2, 0.25) is 0 Å². The van der Waals surface area contributed by atoms with Crippen LogP contribution in [0, 0.1) is 18.3 Å². The maximum Gasteiger partial charge on any atom is 0.316 e.